The topological polar surface area (TPSA) is 24.1 Å². The van der Waals surface area contributed by atoms with E-state index in [2.05, 4.69) is 36.0 Å². The summed E-state index contributed by atoms with van der Waals surface area (Å²) in [5.74, 6) is 0. The lowest BCUT2D eigenvalue weighted by atomic mass is 10.1. The fraction of sp³-hybridized carbons (Fsp3) is 0.706. The van der Waals surface area contributed by atoms with Crippen LogP contribution in [-0.2, 0) is 13.0 Å². The van der Waals surface area contributed by atoms with Crippen LogP contribution in [0.3, 0.4) is 0 Å². The maximum atomic E-state index is 8.68. The summed E-state index contributed by atoms with van der Waals surface area (Å²) in [6.45, 7) is 3.70. The van der Waals surface area contributed by atoms with E-state index < -0.39 is 0 Å². The fourth-order valence-corrected chi connectivity index (χ4v) is 2.34. The van der Waals surface area contributed by atoms with Gasteiger partial charge in [0, 0.05) is 25.2 Å². The van der Waals surface area contributed by atoms with Crippen LogP contribution in [0, 0.1) is 0 Å². The van der Waals surface area contributed by atoms with Gasteiger partial charge in [-0.3, -0.25) is 0 Å². The van der Waals surface area contributed by atoms with E-state index in [-0.39, 0.29) is 17.0 Å². The number of halogens is 1. The molecule has 0 aliphatic heterocycles. The number of nitrogens with zero attached hydrogens (tertiary/aromatic N) is 1. The molecule has 0 saturated carbocycles. The summed E-state index contributed by atoms with van der Waals surface area (Å²) in [6.07, 6.45) is 15.6. The summed E-state index contributed by atoms with van der Waals surface area (Å²) in [5.41, 5.74) is 1.42. The highest BCUT2D eigenvalue weighted by molar-refractivity contribution is 5.06. The summed E-state index contributed by atoms with van der Waals surface area (Å²) < 4.78 is 2.29. The zero-order chi connectivity index (χ0) is 13.8. The number of hydrogen-bond acceptors (Lipinski definition) is 1. The largest absolute Gasteiger partial charge is 1.00 e. The Labute approximate surface area is 135 Å². The van der Waals surface area contributed by atoms with Gasteiger partial charge in [0.1, 0.15) is 6.54 Å². The molecule has 1 aromatic rings. The minimum absolute atomic E-state index is 0. The van der Waals surface area contributed by atoms with Crippen LogP contribution in [0.1, 0.15) is 63.9 Å². The number of aryl methyl sites for hydroxylation is 2. The lowest BCUT2D eigenvalue weighted by molar-refractivity contribution is -0.697. The van der Waals surface area contributed by atoms with Crippen LogP contribution in [0.4, 0.5) is 0 Å². The zero-order valence-electron chi connectivity index (χ0n) is 12.9. The molecule has 0 radical (unpaired) electrons. The van der Waals surface area contributed by atoms with Crippen LogP contribution in [0.2, 0.25) is 0 Å². The van der Waals surface area contributed by atoms with Gasteiger partial charge in [-0.25, -0.2) is 4.57 Å². The van der Waals surface area contributed by atoms with Crippen molar-refractivity contribution in [2.45, 2.75) is 71.3 Å². The van der Waals surface area contributed by atoms with Crippen molar-refractivity contribution in [3.8, 4) is 0 Å². The summed E-state index contributed by atoms with van der Waals surface area (Å²) in [4.78, 5) is 0. The minimum Gasteiger partial charge on any atom is -1.00 e. The number of hydrogen-bond donors (Lipinski definition) is 1. The Kier molecular flexibility index (Phi) is 13.3. The van der Waals surface area contributed by atoms with Gasteiger partial charge in [-0.2, -0.15) is 0 Å². The molecule has 0 bridgehead atoms. The van der Waals surface area contributed by atoms with Gasteiger partial charge in [0.25, 0.3) is 0 Å². The van der Waals surface area contributed by atoms with E-state index in [1.807, 2.05) is 0 Å². The second-order valence-corrected chi connectivity index (χ2v) is 5.35. The zero-order valence-corrected chi connectivity index (χ0v) is 14.4. The Morgan fingerprint density at radius 1 is 0.850 bits per heavy atom. The normalized spacial score (nSPS) is 10.3. The second-order valence-electron chi connectivity index (χ2n) is 5.35. The van der Waals surface area contributed by atoms with Gasteiger partial charge < -0.3 is 22.1 Å². The van der Waals surface area contributed by atoms with Crippen LogP contribution < -0.4 is 21.5 Å². The van der Waals surface area contributed by atoms with E-state index >= 15 is 0 Å². The molecule has 1 heterocycles. The van der Waals surface area contributed by atoms with Crippen molar-refractivity contribution in [3.63, 3.8) is 0 Å². The third-order valence-electron chi connectivity index (χ3n) is 3.69. The first kappa shape index (κ1) is 19.6. The van der Waals surface area contributed by atoms with Crippen molar-refractivity contribution >= 4 is 0 Å². The molecule has 1 rings (SSSR count). The van der Waals surface area contributed by atoms with E-state index in [4.69, 9.17) is 5.11 Å². The molecule has 2 nitrogen and oxygen atoms in total. The Morgan fingerprint density at radius 3 is 1.85 bits per heavy atom. The van der Waals surface area contributed by atoms with E-state index in [1.54, 1.807) is 0 Å². The van der Waals surface area contributed by atoms with Crippen LogP contribution in [0.5, 0.6) is 0 Å². The molecule has 0 aliphatic rings. The lowest BCUT2D eigenvalue weighted by Crippen LogP contribution is -3.00. The number of aliphatic hydroxyl groups is 1. The predicted octanol–water partition coefficient (Wildman–Crippen LogP) is 0.654. The Bertz CT molecular complexity index is 313. The number of pyridine rings is 1. The summed E-state index contributed by atoms with van der Waals surface area (Å²) in [7, 11) is 0. The molecule has 1 aromatic heterocycles. The molecule has 0 fully saturated rings. The van der Waals surface area contributed by atoms with Gasteiger partial charge in [0.05, 0.1) is 0 Å². The molecule has 0 spiro atoms. The molecule has 1 N–H and O–H groups in total. The van der Waals surface area contributed by atoms with E-state index in [1.165, 1.54) is 50.5 Å². The molecule has 0 saturated heterocycles. The molecule has 20 heavy (non-hydrogen) atoms. The van der Waals surface area contributed by atoms with Gasteiger partial charge in [-0.1, -0.05) is 39.0 Å². The summed E-state index contributed by atoms with van der Waals surface area (Å²) in [6, 6.07) is 4.45. The van der Waals surface area contributed by atoms with E-state index in [0.717, 1.165) is 19.4 Å². The van der Waals surface area contributed by atoms with Gasteiger partial charge in [0.15, 0.2) is 12.4 Å². The van der Waals surface area contributed by atoms with Crippen molar-refractivity contribution in [1.82, 2.24) is 0 Å². The highest BCUT2D eigenvalue weighted by atomic mass is 79.9. The fourth-order valence-electron chi connectivity index (χ4n) is 2.34. The first-order chi connectivity index (χ1) is 9.36. The summed E-state index contributed by atoms with van der Waals surface area (Å²) in [5, 5.41) is 8.68. The smallest absolute Gasteiger partial charge is 0.169 e. The van der Waals surface area contributed by atoms with Crippen LogP contribution in [0.25, 0.3) is 0 Å². The molecule has 0 unspecified atom stereocenters. The molecule has 0 amide bonds. The van der Waals surface area contributed by atoms with Crippen LogP contribution >= 0.6 is 0 Å². The van der Waals surface area contributed by atoms with E-state index in [0.29, 0.717) is 6.61 Å². The molecular formula is C17H30BrNO. The first-order valence-electron chi connectivity index (χ1n) is 7.95. The Hall–Kier alpha value is -0.410. The van der Waals surface area contributed by atoms with Crippen molar-refractivity contribution in [1.29, 1.82) is 0 Å². The molecular weight excluding hydrogens is 314 g/mol. The van der Waals surface area contributed by atoms with Crippen LogP contribution in [-0.4, -0.2) is 11.7 Å². The van der Waals surface area contributed by atoms with Gasteiger partial charge in [0.2, 0.25) is 0 Å². The number of aliphatic hydroxyl groups excluding tert-OH is 1. The van der Waals surface area contributed by atoms with E-state index in [9.17, 15) is 0 Å². The maximum absolute atomic E-state index is 8.68. The summed E-state index contributed by atoms with van der Waals surface area (Å²) >= 11 is 0. The van der Waals surface area contributed by atoms with Crippen molar-refractivity contribution in [3.05, 3.63) is 30.1 Å². The first-order valence-corrected chi connectivity index (χ1v) is 7.95. The van der Waals surface area contributed by atoms with Crippen molar-refractivity contribution in [2.24, 2.45) is 0 Å². The maximum Gasteiger partial charge on any atom is 0.169 e. The van der Waals surface area contributed by atoms with Crippen LogP contribution in [0.15, 0.2) is 24.5 Å². The Balaban J connectivity index is 0.00000361. The van der Waals surface area contributed by atoms with Gasteiger partial charge in [-0.15, -0.1) is 0 Å². The molecule has 3 heteroatoms. The highest BCUT2D eigenvalue weighted by Gasteiger charge is 2.00. The Morgan fingerprint density at radius 2 is 1.35 bits per heavy atom. The number of aromatic nitrogens is 1. The average molecular weight is 344 g/mol. The number of unbranched alkanes of at least 4 members (excludes halogenated alkanes) is 7. The average Bonchev–Trinajstić information content (AvgIpc) is 2.46. The highest BCUT2D eigenvalue weighted by Crippen LogP contribution is 2.08. The predicted molar refractivity (Wildman–Crippen MR) is 80.0 cm³/mol. The van der Waals surface area contributed by atoms with Crippen molar-refractivity contribution < 1.29 is 26.7 Å². The van der Waals surface area contributed by atoms with Gasteiger partial charge >= 0.3 is 0 Å². The second kappa shape index (κ2) is 13.6. The minimum atomic E-state index is 0. The standard InChI is InChI=1S/C17H30NO.BrH/c1-2-17-11-14-18(15-12-17)13-9-7-5-3-4-6-8-10-16-19;/h11-12,14-15,19H,2-10,13,16H2,1H3;1H/q+1;/p-1. The quantitative estimate of drug-likeness (QED) is 0.463. The third-order valence-corrected chi connectivity index (χ3v) is 3.69. The SMILES string of the molecule is CCc1cc[n+](CCCCCCCCCCO)cc1.[Br-]. The molecule has 0 aromatic carbocycles. The molecule has 0 aliphatic carbocycles. The monoisotopic (exact) mass is 343 g/mol. The molecule has 0 atom stereocenters. The lowest BCUT2D eigenvalue weighted by Gasteiger charge is -2.01. The van der Waals surface area contributed by atoms with Crippen molar-refractivity contribution in [2.75, 3.05) is 6.61 Å². The third kappa shape index (κ3) is 9.49. The number of rotatable bonds is 11. The van der Waals surface area contributed by atoms with Gasteiger partial charge in [-0.05, 0) is 24.8 Å². The molecule has 116 valence electrons.